The van der Waals surface area contributed by atoms with Crippen LogP contribution in [0.25, 0.3) is 0 Å². The molecule has 1 atom stereocenters. The van der Waals surface area contributed by atoms with Crippen molar-refractivity contribution in [1.82, 2.24) is 4.90 Å². The van der Waals surface area contributed by atoms with Gasteiger partial charge in [0.2, 0.25) is 0 Å². The molecule has 0 aromatic heterocycles. The summed E-state index contributed by atoms with van der Waals surface area (Å²) in [5.74, 6) is 1.49. The molecule has 5 nitrogen and oxygen atoms in total. The Kier molecular flexibility index (Phi) is 6.23. The van der Waals surface area contributed by atoms with Gasteiger partial charge in [-0.3, -0.25) is 9.69 Å². The highest BCUT2D eigenvalue weighted by molar-refractivity contribution is 5.68. The second kappa shape index (κ2) is 9.04. The van der Waals surface area contributed by atoms with E-state index in [2.05, 4.69) is 4.90 Å². The fraction of sp³-hybridized carbons (Fsp3) is 0.458. The fourth-order valence-corrected chi connectivity index (χ4v) is 4.32. The van der Waals surface area contributed by atoms with Crippen LogP contribution in [0.4, 0.5) is 4.39 Å². The van der Waals surface area contributed by atoms with Crippen molar-refractivity contribution in [2.24, 2.45) is 11.8 Å². The Hall–Kier alpha value is -2.60. The van der Waals surface area contributed by atoms with E-state index in [4.69, 9.17) is 9.47 Å². The van der Waals surface area contributed by atoms with Crippen LogP contribution in [0.5, 0.6) is 11.5 Å². The number of ether oxygens (including phenoxy) is 2. The molecular formula is C24H28FNO4. The van der Waals surface area contributed by atoms with E-state index in [0.29, 0.717) is 30.7 Å². The van der Waals surface area contributed by atoms with Crippen LogP contribution in [0.3, 0.4) is 0 Å². The van der Waals surface area contributed by atoms with Crippen LogP contribution in [0, 0.1) is 17.7 Å². The van der Waals surface area contributed by atoms with Gasteiger partial charge in [-0.25, -0.2) is 4.39 Å². The van der Waals surface area contributed by atoms with Gasteiger partial charge in [0.1, 0.15) is 17.3 Å². The summed E-state index contributed by atoms with van der Waals surface area (Å²) in [6, 6.07) is 12.5. The van der Waals surface area contributed by atoms with Gasteiger partial charge >= 0.3 is 5.97 Å². The lowest BCUT2D eigenvalue weighted by atomic mass is 9.91. The van der Waals surface area contributed by atoms with Crippen molar-refractivity contribution in [3.8, 4) is 11.5 Å². The van der Waals surface area contributed by atoms with Crippen LogP contribution >= 0.6 is 0 Å². The smallest absolute Gasteiger partial charge is 0.303 e. The molecule has 1 saturated heterocycles. The van der Waals surface area contributed by atoms with E-state index in [0.717, 1.165) is 42.8 Å². The number of carboxylic acid groups (broad SMARTS) is 1. The van der Waals surface area contributed by atoms with Crippen molar-refractivity contribution < 1.29 is 23.8 Å². The first-order valence-corrected chi connectivity index (χ1v) is 10.5. The van der Waals surface area contributed by atoms with Crippen LogP contribution in [0.1, 0.15) is 36.3 Å². The van der Waals surface area contributed by atoms with E-state index in [-0.39, 0.29) is 18.2 Å². The average Bonchev–Trinajstić information content (AvgIpc) is 3.53. The molecule has 2 fully saturated rings. The van der Waals surface area contributed by atoms with Crippen LogP contribution in [-0.2, 0) is 11.3 Å². The minimum absolute atomic E-state index is 0.0755. The zero-order valence-corrected chi connectivity index (χ0v) is 17.2. The van der Waals surface area contributed by atoms with Gasteiger partial charge in [0.25, 0.3) is 0 Å². The highest BCUT2D eigenvalue weighted by Crippen LogP contribution is 2.45. The summed E-state index contributed by atoms with van der Waals surface area (Å²) in [6.07, 6.45) is 2.39. The van der Waals surface area contributed by atoms with Gasteiger partial charge in [-0.1, -0.05) is 12.1 Å². The molecule has 4 rings (SSSR count). The predicted octanol–water partition coefficient (Wildman–Crippen LogP) is 4.31. The molecule has 0 amide bonds. The summed E-state index contributed by atoms with van der Waals surface area (Å²) in [7, 11) is 1.60. The number of nitrogens with zero attached hydrogens (tertiary/aromatic N) is 1. The number of hydrogen-bond acceptors (Lipinski definition) is 4. The summed E-state index contributed by atoms with van der Waals surface area (Å²) < 4.78 is 24.9. The monoisotopic (exact) mass is 413 g/mol. The summed E-state index contributed by atoms with van der Waals surface area (Å²) in [4.78, 5) is 13.5. The number of likely N-dealkylation sites (tertiary alicyclic amines) is 1. The quantitative estimate of drug-likeness (QED) is 0.629. The third kappa shape index (κ3) is 5.11. The third-order valence-electron chi connectivity index (χ3n) is 6.03. The Balaban J connectivity index is 1.28. The molecule has 0 radical (unpaired) electrons. The van der Waals surface area contributed by atoms with E-state index >= 15 is 0 Å². The zero-order valence-electron chi connectivity index (χ0n) is 17.2. The topological polar surface area (TPSA) is 59.0 Å². The number of carbonyl (C=O) groups is 1. The molecule has 1 N–H and O–H groups in total. The number of benzene rings is 2. The lowest BCUT2D eigenvalue weighted by Gasteiger charge is -2.39. The number of halogens is 1. The second-order valence-corrected chi connectivity index (χ2v) is 8.44. The maximum Gasteiger partial charge on any atom is 0.303 e. The summed E-state index contributed by atoms with van der Waals surface area (Å²) >= 11 is 0. The van der Waals surface area contributed by atoms with Crippen LogP contribution in [-0.4, -0.2) is 42.8 Å². The largest absolute Gasteiger partial charge is 0.496 e. The standard InChI is InChI=1S/C24H28FNO4/c1-29-23-8-7-20(25)9-19(23)14-26-12-16(13-26)15-30-21-4-2-3-18(10-21)22(11-24(27)28)17-5-6-17/h2-4,7-10,16-17,22H,5-6,11-15H2,1H3,(H,27,28). The van der Waals surface area contributed by atoms with E-state index < -0.39 is 5.97 Å². The van der Waals surface area contributed by atoms with E-state index in [1.807, 2.05) is 24.3 Å². The minimum Gasteiger partial charge on any atom is -0.496 e. The van der Waals surface area contributed by atoms with Crippen LogP contribution in [0.15, 0.2) is 42.5 Å². The first-order chi connectivity index (χ1) is 14.5. The molecule has 1 heterocycles. The first-order valence-electron chi connectivity index (χ1n) is 10.5. The number of methoxy groups -OCH3 is 1. The van der Waals surface area contributed by atoms with Gasteiger partial charge in [0.05, 0.1) is 20.1 Å². The molecule has 0 bridgehead atoms. The SMILES string of the molecule is COc1ccc(F)cc1CN1CC(COc2cccc(C(CC(=O)O)C3CC3)c2)C1. The predicted molar refractivity (Wildman–Crippen MR) is 111 cm³/mol. The Bertz CT molecular complexity index is 893. The highest BCUT2D eigenvalue weighted by atomic mass is 19.1. The summed E-state index contributed by atoms with van der Waals surface area (Å²) in [5.41, 5.74) is 1.92. The molecule has 2 aliphatic rings. The highest BCUT2D eigenvalue weighted by Gasteiger charge is 2.34. The van der Waals surface area contributed by atoms with Gasteiger partial charge in [-0.2, -0.15) is 0 Å². The number of hydrogen-bond donors (Lipinski definition) is 1. The Labute approximate surface area is 176 Å². The van der Waals surface area contributed by atoms with Crippen molar-refractivity contribution in [1.29, 1.82) is 0 Å². The van der Waals surface area contributed by atoms with Gasteiger partial charge in [0.15, 0.2) is 0 Å². The lowest BCUT2D eigenvalue weighted by molar-refractivity contribution is -0.137. The van der Waals surface area contributed by atoms with Crippen LogP contribution < -0.4 is 9.47 Å². The van der Waals surface area contributed by atoms with Crippen molar-refractivity contribution >= 4 is 5.97 Å². The molecule has 1 saturated carbocycles. The molecule has 0 spiro atoms. The molecule has 2 aromatic rings. The number of carboxylic acids is 1. The molecule has 30 heavy (non-hydrogen) atoms. The maximum absolute atomic E-state index is 13.5. The van der Waals surface area contributed by atoms with Crippen molar-refractivity contribution in [2.45, 2.75) is 31.7 Å². The van der Waals surface area contributed by atoms with E-state index in [1.165, 1.54) is 12.1 Å². The molecule has 6 heteroatoms. The molecule has 1 unspecified atom stereocenters. The van der Waals surface area contributed by atoms with Crippen molar-refractivity contribution in [3.05, 3.63) is 59.4 Å². The molecular weight excluding hydrogens is 385 g/mol. The van der Waals surface area contributed by atoms with Gasteiger partial charge in [-0.05, 0) is 60.6 Å². The van der Waals surface area contributed by atoms with Crippen molar-refractivity contribution in [3.63, 3.8) is 0 Å². The summed E-state index contributed by atoms with van der Waals surface area (Å²) in [5, 5.41) is 9.22. The number of aliphatic carboxylic acids is 1. The lowest BCUT2D eigenvalue weighted by Crippen LogP contribution is -2.48. The maximum atomic E-state index is 13.5. The molecule has 1 aliphatic carbocycles. The minimum atomic E-state index is -0.747. The normalized spacial score (nSPS) is 17.9. The van der Waals surface area contributed by atoms with Gasteiger partial charge < -0.3 is 14.6 Å². The molecule has 1 aliphatic heterocycles. The zero-order chi connectivity index (χ0) is 21.1. The Morgan fingerprint density at radius 2 is 2.03 bits per heavy atom. The van der Waals surface area contributed by atoms with Gasteiger partial charge in [0, 0.05) is 31.1 Å². The second-order valence-electron chi connectivity index (χ2n) is 8.44. The number of rotatable bonds is 10. The Morgan fingerprint density at radius 1 is 1.23 bits per heavy atom. The van der Waals surface area contributed by atoms with E-state index in [1.54, 1.807) is 13.2 Å². The molecule has 160 valence electrons. The third-order valence-corrected chi connectivity index (χ3v) is 6.03. The first kappa shape index (κ1) is 20.7. The van der Waals surface area contributed by atoms with Gasteiger partial charge in [-0.15, -0.1) is 0 Å². The van der Waals surface area contributed by atoms with Crippen LogP contribution in [0.2, 0.25) is 0 Å². The Morgan fingerprint density at radius 3 is 2.73 bits per heavy atom. The average molecular weight is 413 g/mol. The molecule has 2 aromatic carbocycles. The van der Waals surface area contributed by atoms with E-state index in [9.17, 15) is 14.3 Å². The fourth-order valence-electron chi connectivity index (χ4n) is 4.32. The summed E-state index contributed by atoms with van der Waals surface area (Å²) in [6.45, 7) is 3.06. The van der Waals surface area contributed by atoms with Crippen molar-refractivity contribution in [2.75, 3.05) is 26.8 Å².